The second-order valence-electron chi connectivity index (χ2n) is 4.92. The molecule has 0 bridgehead atoms. The Morgan fingerprint density at radius 1 is 1.22 bits per heavy atom. The number of rotatable bonds is 5. The van der Waals surface area contributed by atoms with E-state index in [1.807, 2.05) is 0 Å². The molecule has 0 radical (unpaired) electrons. The van der Waals surface area contributed by atoms with Crippen LogP contribution in [-0.2, 0) is 16.6 Å². The minimum absolute atomic E-state index is 0.187. The first-order chi connectivity index (χ1) is 10.7. The van der Waals surface area contributed by atoms with Gasteiger partial charge in [-0.05, 0) is 35.9 Å². The first kappa shape index (κ1) is 17.4. The molecule has 2 aromatic rings. The molecule has 1 amide bonds. The van der Waals surface area contributed by atoms with Crippen molar-refractivity contribution >= 4 is 37.5 Å². The highest BCUT2D eigenvalue weighted by Crippen LogP contribution is 2.15. The van der Waals surface area contributed by atoms with Crippen molar-refractivity contribution in [2.45, 2.75) is 6.54 Å². The van der Waals surface area contributed by atoms with Crippen molar-refractivity contribution < 1.29 is 17.6 Å². The minimum Gasteiger partial charge on any atom is -0.348 e. The average Bonchev–Trinajstić information content (AvgIpc) is 2.42. The van der Waals surface area contributed by atoms with E-state index in [2.05, 4.69) is 26.0 Å². The lowest BCUT2D eigenvalue weighted by Crippen LogP contribution is -2.23. The zero-order valence-electron chi connectivity index (χ0n) is 12.1. The summed E-state index contributed by atoms with van der Waals surface area (Å²) in [7, 11) is -3.36. The van der Waals surface area contributed by atoms with Gasteiger partial charge in [-0.3, -0.25) is 9.52 Å². The van der Waals surface area contributed by atoms with Gasteiger partial charge in [0.2, 0.25) is 10.0 Å². The van der Waals surface area contributed by atoms with Gasteiger partial charge < -0.3 is 5.32 Å². The number of carbonyl (C=O) groups excluding carboxylic acids is 1. The lowest BCUT2D eigenvalue weighted by Gasteiger charge is -2.08. The Kier molecular flexibility index (Phi) is 5.38. The monoisotopic (exact) mass is 400 g/mol. The Bertz CT molecular complexity index is 820. The van der Waals surface area contributed by atoms with Crippen LogP contribution in [0.2, 0.25) is 0 Å². The Morgan fingerprint density at radius 3 is 2.61 bits per heavy atom. The maximum atomic E-state index is 13.3. The van der Waals surface area contributed by atoms with Gasteiger partial charge in [0.1, 0.15) is 5.82 Å². The molecule has 0 unspecified atom stereocenters. The molecule has 0 atom stereocenters. The zero-order chi connectivity index (χ0) is 17.0. The maximum Gasteiger partial charge on any atom is 0.251 e. The van der Waals surface area contributed by atoms with Crippen LogP contribution in [0.15, 0.2) is 46.9 Å². The molecular formula is C15H14BrFN2O3S. The summed E-state index contributed by atoms with van der Waals surface area (Å²) in [6, 6.07) is 10.6. The van der Waals surface area contributed by atoms with Crippen LogP contribution in [0.3, 0.4) is 0 Å². The number of hydrogen-bond acceptors (Lipinski definition) is 3. The third-order valence-electron chi connectivity index (χ3n) is 2.81. The van der Waals surface area contributed by atoms with Crippen molar-refractivity contribution in [3.05, 3.63) is 63.9 Å². The molecule has 0 aliphatic carbocycles. The van der Waals surface area contributed by atoms with Crippen molar-refractivity contribution in [3.63, 3.8) is 0 Å². The summed E-state index contributed by atoms with van der Waals surface area (Å²) in [4.78, 5) is 12.0. The molecule has 0 fully saturated rings. The molecule has 122 valence electrons. The number of sulfonamides is 1. The van der Waals surface area contributed by atoms with Gasteiger partial charge in [-0.1, -0.05) is 28.1 Å². The SMILES string of the molecule is CS(=O)(=O)Nc1cccc(CNC(=O)c2cc(F)cc(Br)c2)c1. The topological polar surface area (TPSA) is 75.3 Å². The molecule has 23 heavy (non-hydrogen) atoms. The number of halogens is 2. The van der Waals surface area contributed by atoms with Crippen LogP contribution in [0, 0.1) is 5.82 Å². The predicted octanol–water partition coefficient (Wildman–Crippen LogP) is 2.89. The van der Waals surface area contributed by atoms with E-state index in [4.69, 9.17) is 0 Å². The Labute approximate surface area is 142 Å². The van der Waals surface area contributed by atoms with Crippen LogP contribution in [0.1, 0.15) is 15.9 Å². The molecule has 0 aliphatic heterocycles. The van der Waals surface area contributed by atoms with Crippen molar-refractivity contribution in [2.75, 3.05) is 11.0 Å². The fourth-order valence-corrected chi connectivity index (χ4v) is 2.95. The number of nitrogens with one attached hydrogen (secondary N) is 2. The minimum atomic E-state index is -3.36. The fraction of sp³-hybridized carbons (Fsp3) is 0.133. The number of amides is 1. The van der Waals surface area contributed by atoms with Crippen LogP contribution in [-0.4, -0.2) is 20.6 Å². The molecule has 2 rings (SSSR count). The number of benzene rings is 2. The lowest BCUT2D eigenvalue weighted by molar-refractivity contribution is 0.0950. The molecule has 0 saturated heterocycles. The van der Waals surface area contributed by atoms with Crippen LogP contribution < -0.4 is 10.0 Å². The number of anilines is 1. The van der Waals surface area contributed by atoms with E-state index >= 15 is 0 Å². The summed E-state index contributed by atoms with van der Waals surface area (Å²) >= 11 is 3.13. The number of carbonyl (C=O) groups is 1. The van der Waals surface area contributed by atoms with Crippen molar-refractivity contribution in [1.29, 1.82) is 0 Å². The first-order valence-electron chi connectivity index (χ1n) is 6.54. The quantitative estimate of drug-likeness (QED) is 0.809. The summed E-state index contributed by atoms with van der Waals surface area (Å²) in [5.74, 6) is -0.935. The second kappa shape index (κ2) is 7.10. The van der Waals surface area contributed by atoms with Crippen LogP contribution in [0.5, 0.6) is 0 Å². The zero-order valence-corrected chi connectivity index (χ0v) is 14.5. The van der Waals surface area contributed by atoms with E-state index in [-0.39, 0.29) is 12.1 Å². The van der Waals surface area contributed by atoms with Crippen molar-refractivity contribution in [1.82, 2.24) is 5.32 Å². The standard InChI is InChI=1S/C15H14BrFN2O3S/c1-23(21,22)19-14-4-2-3-10(5-14)9-18-15(20)11-6-12(16)8-13(17)7-11/h2-8,19H,9H2,1H3,(H,18,20). The molecular weight excluding hydrogens is 387 g/mol. The molecule has 2 N–H and O–H groups in total. The van der Waals surface area contributed by atoms with Crippen LogP contribution >= 0.6 is 15.9 Å². The summed E-state index contributed by atoms with van der Waals surface area (Å²) in [6.07, 6.45) is 1.06. The Balaban J connectivity index is 2.05. The predicted molar refractivity (Wildman–Crippen MR) is 90.2 cm³/mol. The second-order valence-corrected chi connectivity index (χ2v) is 7.58. The highest BCUT2D eigenvalue weighted by Gasteiger charge is 2.09. The molecule has 0 aliphatic rings. The molecule has 2 aromatic carbocycles. The van der Waals surface area contributed by atoms with E-state index in [0.29, 0.717) is 15.7 Å². The molecule has 8 heteroatoms. The normalized spacial score (nSPS) is 11.1. The van der Waals surface area contributed by atoms with E-state index in [9.17, 15) is 17.6 Å². The summed E-state index contributed by atoms with van der Waals surface area (Å²) in [5.41, 5.74) is 1.32. The molecule has 0 spiro atoms. The summed E-state index contributed by atoms with van der Waals surface area (Å²) in [6.45, 7) is 0.187. The Hall–Kier alpha value is -1.93. The maximum absolute atomic E-state index is 13.3. The van der Waals surface area contributed by atoms with Gasteiger partial charge >= 0.3 is 0 Å². The largest absolute Gasteiger partial charge is 0.348 e. The van der Waals surface area contributed by atoms with Gasteiger partial charge in [0.25, 0.3) is 5.91 Å². The lowest BCUT2D eigenvalue weighted by atomic mass is 10.2. The van der Waals surface area contributed by atoms with Gasteiger partial charge in [-0.25, -0.2) is 12.8 Å². The van der Waals surface area contributed by atoms with E-state index in [1.165, 1.54) is 12.1 Å². The van der Waals surface area contributed by atoms with Gasteiger partial charge in [-0.2, -0.15) is 0 Å². The van der Waals surface area contributed by atoms with Crippen LogP contribution in [0.4, 0.5) is 10.1 Å². The smallest absolute Gasteiger partial charge is 0.251 e. The molecule has 5 nitrogen and oxygen atoms in total. The van der Waals surface area contributed by atoms with E-state index in [0.717, 1.165) is 12.3 Å². The molecule has 0 saturated carbocycles. The van der Waals surface area contributed by atoms with E-state index in [1.54, 1.807) is 24.3 Å². The van der Waals surface area contributed by atoms with Gasteiger partial charge in [-0.15, -0.1) is 0 Å². The van der Waals surface area contributed by atoms with Crippen molar-refractivity contribution in [2.24, 2.45) is 0 Å². The third kappa shape index (κ3) is 5.65. The molecule has 0 heterocycles. The highest BCUT2D eigenvalue weighted by molar-refractivity contribution is 9.10. The van der Waals surface area contributed by atoms with Gasteiger partial charge in [0, 0.05) is 22.3 Å². The first-order valence-corrected chi connectivity index (χ1v) is 9.22. The van der Waals surface area contributed by atoms with Crippen molar-refractivity contribution in [3.8, 4) is 0 Å². The van der Waals surface area contributed by atoms with Gasteiger partial charge in [0.05, 0.1) is 6.26 Å². The third-order valence-corrected chi connectivity index (χ3v) is 3.87. The Morgan fingerprint density at radius 2 is 1.96 bits per heavy atom. The summed E-state index contributed by atoms with van der Waals surface area (Å²) in [5, 5.41) is 2.66. The highest BCUT2D eigenvalue weighted by atomic mass is 79.9. The van der Waals surface area contributed by atoms with Gasteiger partial charge in [0.15, 0.2) is 0 Å². The number of hydrogen-bond donors (Lipinski definition) is 2. The fourth-order valence-electron chi connectivity index (χ4n) is 1.93. The summed E-state index contributed by atoms with van der Waals surface area (Å²) < 4.78 is 38.5. The van der Waals surface area contributed by atoms with Crippen LogP contribution in [0.25, 0.3) is 0 Å². The average molecular weight is 401 g/mol. The van der Waals surface area contributed by atoms with E-state index < -0.39 is 21.7 Å². The molecule has 0 aromatic heterocycles.